The molecule has 1 aliphatic rings. The third kappa shape index (κ3) is 3.57. The summed E-state index contributed by atoms with van der Waals surface area (Å²) >= 11 is 0. The summed E-state index contributed by atoms with van der Waals surface area (Å²) < 4.78 is 11.5. The molecule has 1 aliphatic carbocycles. The van der Waals surface area contributed by atoms with Crippen LogP contribution in [0.25, 0.3) is 0 Å². The molecule has 0 radical (unpaired) electrons. The molecular formula is C16H22O3. The van der Waals surface area contributed by atoms with Gasteiger partial charge in [-0.1, -0.05) is 19.1 Å². The van der Waals surface area contributed by atoms with Crippen LogP contribution in [0.4, 0.5) is 0 Å². The summed E-state index contributed by atoms with van der Waals surface area (Å²) in [6.45, 7) is 1.88. The van der Waals surface area contributed by atoms with Gasteiger partial charge < -0.3 is 9.47 Å². The normalized spacial score (nSPS) is 23.1. The highest BCUT2D eigenvalue weighted by molar-refractivity contribution is 5.98. The third-order valence-corrected chi connectivity index (χ3v) is 3.71. The van der Waals surface area contributed by atoms with Crippen molar-refractivity contribution in [2.24, 2.45) is 0 Å². The molecule has 2 rings (SSSR count). The van der Waals surface area contributed by atoms with Gasteiger partial charge in [0.05, 0.1) is 11.7 Å². The first kappa shape index (κ1) is 14.1. The Kier molecular flexibility index (Phi) is 4.97. The van der Waals surface area contributed by atoms with Gasteiger partial charge in [0, 0.05) is 20.0 Å². The lowest BCUT2D eigenvalue weighted by molar-refractivity contribution is 0.0207. The summed E-state index contributed by atoms with van der Waals surface area (Å²) in [6.07, 6.45) is 5.11. The summed E-state index contributed by atoms with van der Waals surface area (Å²) in [5, 5.41) is 0. The van der Waals surface area contributed by atoms with Gasteiger partial charge in [-0.3, -0.25) is 4.79 Å². The van der Waals surface area contributed by atoms with Gasteiger partial charge in [-0.05, 0) is 31.4 Å². The molecule has 0 heterocycles. The van der Waals surface area contributed by atoms with E-state index < -0.39 is 0 Å². The number of para-hydroxylation sites is 1. The SMILES string of the molecule is CCC(=O)c1ccccc1OC1CCCC(OC)C1. The fourth-order valence-electron chi connectivity index (χ4n) is 2.59. The van der Waals surface area contributed by atoms with Crippen LogP contribution >= 0.6 is 0 Å². The first-order valence-corrected chi connectivity index (χ1v) is 7.06. The average Bonchev–Trinajstić information content (AvgIpc) is 2.47. The predicted octanol–water partition coefficient (Wildman–Crippen LogP) is 3.62. The van der Waals surface area contributed by atoms with Crippen LogP contribution in [0.5, 0.6) is 5.75 Å². The zero-order valence-corrected chi connectivity index (χ0v) is 11.7. The maximum Gasteiger partial charge on any atom is 0.166 e. The Morgan fingerprint density at radius 2 is 2.00 bits per heavy atom. The van der Waals surface area contributed by atoms with E-state index in [0.29, 0.717) is 12.0 Å². The van der Waals surface area contributed by atoms with E-state index in [-0.39, 0.29) is 18.0 Å². The van der Waals surface area contributed by atoms with E-state index in [4.69, 9.17) is 9.47 Å². The third-order valence-electron chi connectivity index (χ3n) is 3.71. The molecule has 3 heteroatoms. The number of benzene rings is 1. The Labute approximate surface area is 114 Å². The molecule has 1 aromatic carbocycles. The van der Waals surface area contributed by atoms with Crippen molar-refractivity contribution in [3.63, 3.8) is 0 Å². The van der Waals surface area contributed by atoms with E-state index in [1.165, 1.54) is 0 Å². The second-order valence-corrected chi connectivity index (χ2v) is 5.04. The quantitative estimate of drug-likeness (QED) is 0.760. The van der Waals surface area contributed by atoms with Gasteiger partial charge in [0.1, 0.15) is 11.9 Å². The second-order valence-electron chi connectivity index (χ2n) is 5.04. The van der Waals surface area contributed by atoms with Crippen molar-refractivity contribution >= 4 is 5.78 Å². The van der Waals surface area contributed by atoms with E-state index in [1.807, 2.05) is 31.2 Å². The predicted molar refractivity (Wildman–Crippen MR) is 74.7 cm³/mol. The van der Waals surface area contributed by atoms with Gasteiger partial charge in [0.15, 0.2) is 5.78 Å². The molecule has 0 aliphatic heterocycles. The zero-order chi connectivity index (χ0) is 13.7. The molecule has 0 saturated heterocycles. The van der Waals surface area contributed by atoms with E-state index in [9.17, 15) is 4.79 Å². The number of ether oxygens (including phenoxy) is 2. The topological polar surface area (TPSA) is 35.5 Å². The molecule has 1 fully saturated rings. The lowest BCUT2D eigenvalue weighted by Gasteiger charge is -2.29. The van der Waals surface area contributed by atoms with Crippen molar-refractivity contribution in [3.05, 3.63) is 29.8 Å². The summed E-state index contributed by atoms with van der Waals surface area (Å²) in [6, 6.07) is 7.53. The monoisotopic (exact) mass is 262 g/mol. The number of carbonyl (C=O) groups excluding carboxylic acids is 1. The Balaban J connectivity index is 2.08. The highest BCUT2D eigenvalue weighted by Gasteiger charge is 2.24. The van der Waals surface area contributed by atoms with Gasteiger partial charge in [0.25, 0.3) is 0 Å². The Bertz CT molecular complexity index is 428. The minimum absolute atomic E-state index is 0.134. The van der Waals surface area contributed by atoms with Crippen molar-refractivity contribution in [2.75, 3.05) is 7.11 Å². The van der Waals surface area contributed by atoms with Crippen LogP contribution in [0.15, 0.2) is 24.3 Å². The van der Waals surface area contributed by atoms with Crippen molar-refractivity contribution < 1.29 is 14.3 Å². The summed E-state index contributed by atoms with van der Waals surface area (Å²) in [4.78, 5) is 11.9. The second kappa shape index (κ2) is 6.71. The first-order valence-electron chi connectivity index (χ1n) is 7.06. The first-order chi connectivity index (χ1) is 9.24. The van der Waals surface area contributed by atoms with Crippen LogP contribution in [-0.2, 0) is 4.74 Å². The van der Waals surface area contributed by atoms with Crippen molar-refractivity contribution in [1.82, 2.24) is 0 Å². The molecule has 0 bridgehead atoms. The fraction of sp³-hybridized carbons (Fsp3) is 0.562. The van der Waals surface area contributed by atoms with E-state index in [0.717, 1.165) is 31.4 Å². The number of methoxy groups -OCH3 is 1. The summed E-state index contributed by atoms with van der Waals surface area (Å²) in [5.74, 6) is 0.853. The molecule has 2 unspecified atom stereocenters. The average molecular weight is 262 g/mol. The van der Waals surface area contributed by atoms with Gasteiger partial charge in [0.2, 0.25) is 0 Å². The van der Waals surface area contributed by atoms with Gasteiger partial charge in [-0.2, -0.15) is 0 Å². The Morgan fingerprint density at radius 1 is 1.26 bits per heavy atom. The molecular weight excluding hydrogens is 240 g/mol. The lowest BCUT2D eigenvalue weighted by atomic mass is 9.94. The van der Waals surface area contributed by atoms with Crippen LogP contribution in [0.1, 0.15) is 49.4 Å². The molecule has 3 nitrogen and oxygen atoms in total. The molecule has 2 atom stereocenters. The fourth-order valence-corrected chi connectivity index (χ4v) is 2.59. The largest absolute Gasteiger partial charge is 0.490 e. The van der Waals surface area contributed by atoms with Gasteiger partial charge in [-0.25, -0.2) is 0 Å². The Hall–Kier alpha value is -1.35. The van der Waals surface area contributed by atoms with Gasteiger partial charge in [-0.15, -0.1) is 0 Å². The minimum Gasteiger partial charge on any atom is -0.490 e. The highest BCUT2D eigenvalue weighted by atomic mass is 16.5. The molecule has 1 aromatic rings. The number of Topliss-reactive ketones (excluding diaryl/α,β-unsaturated/α-hetero) is 1. The van der Waals surface area contributed by atoms with Crippen LogP contribution in [0, 0.1) is 0 Å². The molecule has 104 valence electrons. The maximum atomic E-state index is 11.9. The van der Waals surface area contributed by atoms with Crippen LogP contribution in [0.3, 0.4) is 0 Å². The molecule has 0 aromatic heterocycles. The highest BCUT2D eigenvalue weighted by Crippen LogP contribution is 2.27. The van der Waals surface area contributed by atoms with Gasteiger partial charge >= 0.3 is 0 Å². The minimum atomic E-state index is 0.134. The van der Waals surface area contributed by atoms with Crippen molar-refractivity contribution in [2.45, 2.75) is 51.2 Å². The number of carbonyl (C=O) groups is 1. The number of hydrogen-bond acceptors (Lipinski definition) is 3. The standard InChI is InChI=1S/C16H22O3/c1-3-15(17)14-9-4-5-10-16(14)19-13-8-6-7-12(11-13)18-2/h4-5,9-10,12-13H,3,6-8,11H2,1-2H3. The van der Waals surface area contributed by atoms with Crippen LogP contribution in [-0.4, -0.2) is 25.1 Å². The van der Waals surface area contributed by atoms with Crippen LogP contribution < -0.4 is 4.74 Å². The van der Waals surface area contributed by atoms with E-state index >= 15 is 0 Å². The maximum absolute atomic E-state index is 11.9. The molecule has 1 saturated carbocycles. The summed E-state index contributed by atoms with van der Waals surface area (Å²) in [7, 11) is 1.75. The van der Waals surface area contributed by atoms with E-state index in [2.05, 4.69) is 0 Å². The number of hydrogen-bond donors (Lipinski definition) is 0. The molecule has 0 spiro atoms. The molecule has 0 N–H and O–H groups in total. The van der Waals surface area contributed by atoms with Crippen molar-refractivity contribution in [3.8, 4) is 5.75 Å². The Morgan fingerprint density at radius 3 is 2.74 bits per heavy atom. The number of ketones is 1. The summed E-state index contributed by atoms with van der Waals surface area (Å²) in [5.41, 5.74) is 0.699. The smallest absolute Gasteiger partial charge is 0.166 e. The zero-order valence-electron chi connectivity index (χ0n) is 11.7. The molecule has 19 heavy (non-hydrogen) atoms. The number of rotatable bonds is 5. The van der Waals surface area contributed by atoms with Crippen molar-refractivity contribution in [1.29, 1.82) is 0 Å². The van der Waals surface area contributed by atoms with E-state index in [1.54, 1.807) is 7.11 Å². The molecule has 0 amide bonds. The van der Waals surface area contributed by atoms with Crippen LogP contribution in [0.2, 0.25) is 0 Å². The lowest BCUT2D eigenvalue weighted by Crippen LogP contribution is -2.29.